The van der Waals surface area contributed by atoms with Crippen molar-refractivity contribution >= 4 is 27.5 Å². The summed E-state index contributed by atoms with van der Waals surface area (Å²) >= 11 is 0. The molecular weight excluding hydrogens is 438 g/mol. The van der Waals surface area contributed by atoms with E-state index in [9.17, 15) is 18.0 Å². The summed E-state index contributed by atoms with van der Waals surface area (Å²) in [5, 5.41) is 4.40. The van der Waals surface area contributed by atoms with Gasteiger partial charge in [0.1, 0.15) is 0 Å². The average molecular weight is 470 g/mol. The van der Waals surface area contributed by atoms with Gasteiger partial charge >= 0.3 is 0 Å². The molecule has 1 saturated heterocycles. The maximum Gasteiger partial charge on any atom is 0.260 e. The van der Waals surface area contributed by atoms with Crippen molar-refractivity contribution in [3.63, 3.8) is 0 Å². The Kier molecular flexibility index (Phi) is 6.86. The van der Waals surface area contributed by atoms with Crippen molar-refractivity contribution < 1.29 is 18.0 Å². The van der Waals surface area contributed by atoms with Gasteiger partial charge in [0.2, 0.25) is 5.91 Å². The van der Waals surface area contributed by atoms with E-state index in [0.29, 0.717) is 49.9 Å². The largest absolute Gasteiger partial charge is 0.322 e. The minimum absolute atomic E-state index is 0.150. The number of carbonyl (C=O) groups is 2. The lowest BCUT2D eigenvalue weighted by Gasteiger charge is -2.32. The smallest absolute Gasteiger partial charge is 0.260 e. The zero-order valence-electron chi connectivity index (χ0n) is 19.3. The second kappa shape index (κ2) is 9.65. The van der Waals surface area contributed by atoms with E-state index in [1.165, 1.54) is 9.42 Å². The Bertz CT molecular complexity index is 1180. The van der Waals surface area contributed by atoms with Crippen LogP contribution in [0.2, 0.25) is 0 Å². The molecule has 0 aromatic heterocycles. The third kappa shape index (κ3) is 4.54. The minimum atomic E-state index is -3.90. The van der Waals surface area contributed by atoms with Crippen LogP contribution in [-0.4, -0.2) is 42.7 Å². The predicted octanol–water partition coefficient (Wildman–Crippen LogP) is 4.06. The number of sulfonamides is 1. The van der Waals surface area contributed by atoms with E-state index in [0.717, 1.165) is 29.5 Å². The topological polar surface area (TPSA) is 86.8 Å². The molecule has 0 saturated carbocycles. The molecule has 0 bridgehead atoms. The SMILES string of the molecule is CCCN(N1CCCC1=O)S(=O)(=O)c1ccc(NC(=O)c2ccccc2C)c2c1CCCC2. The van der Waals surface area contributed by atoms with Crippen LogP contribution < -0.4 is 5.32 Å². The van der Waals surface area contributed by atoms with Crippen molar-refractivity contribution in [3.8, 4) is 0 Å². The predicted molar refractivity (Wildman–Crippen MR) is 127 cm³/mol. The van der Waals surface area contributed by atoms with Gasteiger partial charge in [0, 0.05) is 30.8 Å². The third-order valence-corrected chi connectivity index (χ3v) is 8.29. The summed E-state index contributed by atoms with van der Waals surface area (Å²) in [7, 11) is -3.90. The van der Waals surface area contributed by atoms with Crippen LogP contribution in [0.25, 0.3) is 0 Å². The number of amides is 2. The fourth-order valence-corrected chi connectivity index (χ4v) is 6.61. The van der Waals surface area contributed by atoms with Gasteiger partial charge in [-0.25, -0.2) is 8.42 Å². The van der Waals surface area contributed by atoms with Crippen LogP contribution in [-0.2, 0) is 27.7 Å². The molecule has 1 heterocycles. The molecule has 4 rings (SSSR count). The quantitative estimate of drug-likeness (QED) is 0.662. The zero-order valence-corrected chi connectivity index (χ0v) is 20.1. The lowest BCUT2D eigenvalue weighted by atomic mass is 9.90. The van der Waals surface area contributed by atoms with Crippen molar-refractivity contribution in [2.45, 2.75) is 63.7 Å². The standard InChI is InChI=1S/C25H31N3O4S/c1-3-16-28(27-17-8-13-24(27)29)33(31,32)23-15-14-22(20-11-6-7-12-21(20)23)26-25(30)19-10-5-4-9-18(19)2/h4-5,9-10,14-15H,3,6-8,11-13,16-17H2,1-2H3,(H,26,30). The number of rotatable bonds is 7. The van der Waals surface area contributed by atoms with Crippen LogP contribution in [0.1, 0.15) is 66.1 Å². The number of carbonyl (C=O) groups excluding carboxylic acids is 2. The van der Waals surface area contributed by atoms with Crippen molar-refractivity contribution in [2.24, 2.45) is 0 Å². The highest BCUT2D eigenvalue weighted by Crippen LogP contribution is 2.35. The Balaban J connectivity index is 1.72. The van der Waals surface area contributed by atoms with Gasteiger partial charge in [-0.1, -0.05) is 25.1 Å². The molecule has 1 fully saturated rings. The first kappa shape index (κ1) is 23.4. The molecule has 2 amide bonds. The highest BCUT2D eigenvalue weighted by Gasteiger charge is 2.37. The van der Waals surface area contributed by atoms with Crippen LogP contribution in [0, 0.1) is 6.92 Å². The maximum atomic E-state index is 13.8. The summed E-state index contributed by atoms with van der Waals surface area (Å²) in [4.78, 5) is 25.5. The van der Waals surface area contributed by atoms with Gasteiger partial charge in [-0.15, -0.1) is 4.41 Å². The van der Waals surface area contributed by atoms with Gasteiger partial charge in [0.15, 0.2) is 0 Å². The van der Waals surface area contributed by atoms with Gasteiger partial charge in [0.05, 0.1) is 4.90 Å². The highest BCUT2D eigenvalue weighted by molar-refractivity contribution is 7.89. The molecule has 2 aromatic carbocycles. The normalized spacial score (nSPS) is 16.2. The summed E-state index contributed by atoms with van der Waals surface area (Å²) in [6, 6.07) is 10.7. The lowest BCUT2D eigenvalue weighted by molar-refractivity contribution is -0.136. The summed E-state index contributed by atoms with van der Waals surface area (Å²) < 4.78 is 28.8. The van der Waals surface area contributed by atoms with Crippen LogP contribution in [0.15, 0.2) is 41.3 Å². The summed E-state index contributed by atoms with van der Waals surface area (Å²) in [5.41, 5.74) is 3.79. The molecule has 33 heavy (non-hydrogen) atoms. The molecule has 1 N–H and O–H groups in total. The number of nitrogens with zero attached hydrogens (tertiary/aromatic N) is 2. The molecule has 7 nitrogen and oxygen atoms in total. The van der Waals surface area contributed by atoms with Crippen molar-refractivity contribution in [3.05, 3.63) is 58.7 Å². The molecule has 2 aromatic rings. The second-order valence-corrected chi connectivity index (χ2v) is 10.5. The monoisotopic (exact) mass is 469 g/mol. The van der Waals surface area contributed by atoms with E-state index < -0.39 is 10.0 Å². The Morgan fingerprint density at radius 2 is 1.76 bits per heavy atom. The number of anilines is 1. The molecule has 2 aliphatic rings. The molecule has 8 heteroatoms. The number of benzene rings is 2. The Hall–Kier alpha value is -2.71. The molecule has 176 valence electrons. The summed E-state index contributed by atoms with van der Waals surface area (Å²) in [6.45, 7) is 4.48. The Labute approximate surface area is 195 Å². The second-order valence-electron chi connectivity index (χ2n) is 8.72. The molecule has 1 aliphatic carbocycles. The lowest BCUT2D eigenvalue weighted by Crippen LogP contribution is -2.47. The average Bonchev–Trinajstić information content (AvgIpc) is 3.22. The maximum absolute atomic E-state index is 13.8. The molecular formula is C25H31N3O4S. The van der Waals surface area contributed by atoms with Crippen LogP contribution >= 0.6 is 0 Å². The molecule has 0 spiro atoms. The Morgan fingerprint density at radius 1 is 1.03 bits per heavy atom. The summed E-state index contributed by atoms with van der Waals surface area (Å²) in [6.07, 6.45) is 4.81. The number of hydrogen-bond acceptors (Lipinski definition) is 4. The summed E-state index contributed by atoms with van der Waals surface area (Å²) in [5.74, 6) is -0.352. The van der Waals surface area contributed by atoms with E-state index in [1.54, 1.807) is 18.2 Å². The van der Waals surface area contributed by atoms with E-state index in [2.05, 4.69) is 5.32 Å². The van der Waals surface area contributed by atoms with Gasteiger partial charge in [-0.05, 0) is 80.3 Å². The first-order valence-electron chi connectivity index (χ1n) is 11.7. The van der Waals surface area contributed by atoms with Gasteiger partial charge < -0.3 is 5.32 Å². The fraction of sp³-hybridized carbons (Fsp3) is 0.440. The molecule has 0 atom stereocenters. The van der Waals surface area contributed by atoms with Crippen molar-refractivity contribution in [2.75, 3.05) is 18.4 Å². The number of hydrogen-bond donors (Lipinski definition) is 1. The van der Waals surface area contributed by atoms with Crippen LogP contribution in [0.3, 0.4) is 0 Å². The zero-order chi connectivity index (χ0) is 23.6. The van der Waals surface area contributed by atoms with Gasteiger partial charge in [-0.2, -0.15) is 0 Å². The molecule has 1 aliphatic heterocycles. The molecule has 0 unspecified atom stereocenters. The van der Waals surface area contributed by atoms with Crippen molar-refractivity contribution in [1.29, 1.82) is 0 Å². The first-order valence-corrected chi connectivity index (χ1v) is 13.1. The van der Waals surface area contributed by atoms with Crippen LogP contribution in [0.5, 0.6) is 0 Å². The first-order chi connectivity index (χ1) is 15.8. The van der Waals surface area contributed by atoms with Gasteiger partial charge in [-0.3, -0.25) is 14.6 Å². The van der Waals surface area contributed by atoms with E-state index >= 15 is 0 Å². The number of nitrogens with one attached hydrogen (secondary N) is 1. The van der Waals surface area contributed by atoms with E-state index in [4.69, 9.17) is 0 Å². The van der Waals surface area contributed by atoms with Crippen molar-refractivity contribution in [1.82, 2.24) is 9.42 Å². The van der Waals surface area contributed by atoms with E-state index in [-0.39, 0.29) is 23.3 Å². The third-order valence-electron chi connectivity index (χ3n) is 6.42. The minimum Gasteiger partial charge on any atom is -0.322 e. The number of fused-ring (bicyclic) bond motifs is 1. The Morgan fingerprint density at radius 3 is 2.42 bits per heavy atom. The van der Waals surface area contributed by atoms with Gasteiger partial charge in [0.25, 0.3) is 15.9 Å². The number of hydrazine groups is 1. The fourth-order valence-electron chi connectivity index (χ4n) is 4.76. The van der Waals surface area contributed by atoms with E-state index in [1.807, 2.05) is 32.0 Å². The molecule has 0 radical (unpaired) electrons. The van der Waals surface area contributed by atoms with Crippen LogP contribution in [0.4, 0.5) is 5.69 Å². The highest BCUT2D eigenvalue weighted by atomic mass is 32.2. The number of aryl methyl sites for hydroxylation is 1.